The molecule has 0 bridgehead atoms. The van der Waals surface area contributed by atoms with Crippen molar-refractivity contribution in [2.45, 2.75) is 0 Å². The molecule has 0 spiro atoms. The van der Waals surface area contributed by atoms with Gasteiger partial charge in [-0.3, -0.25) is 14.9 Å². The highest BCUT2D eigenvalue weighted by Crippen LogP contribution is 2.36. The molecule has 2 rings (SSSR count). The highest BCUT2D eigenvalue weighted by Gasteiger charge is 2.19. The summed E-state index contributed by atoms with van der Waals surface area (Å²) in [5, 5.41) is 24.6. The van der Waals surface area contributed by atoms with Gasteiger partial charge in [0, 0.05) is 11.6 Å². The fourth-order valence-electron chi connectivity index (χ4n) is 1.85. The number of rotatable bonds is 5. The van der Waals surface area contributed by atoms with Crippen LogP contribution in [0.4, 0.5) is 5.69 Å². The molecule has 0 atom stereocenters. The molecule has 0 heterocycles. The molecule has 0 fully saturated rings. The van der Waals surface area contributed by atoms with Crippen LogP contribution in [0, 0.1) is 10.1 Å². The Morgan fingerprint density at radius 2 is 2.12 bits per heavy atom. The Labute approximate surface area is 141 Å². The molecule has 8 nitrogen and oxygen atoms in total. The minimum Gasteiger partial charge on any atom is -0.500 e. The third-order valence-corrected chi connectivity index (χ3v) is 3.32. The number of phenols is 1. The second-order valence-electron chi connectivity index (χ2n) is 4.53. The highest BCUT2D eigenvalue weighted by atomic mass is 35.5. The number of hydrazone groups is 1. The highest BCUT2D eigenvalue weighted by molar-refractivity contribution is 6.33. The van der Waals surface area contributed by atoms with Crippen LogP contribution in [-0.2, 0) is 0 Å². The number of methoxy groups -OCH3 is 1. The van der Waals surface area contributed by atoms with Gasteiger partial charge in [0.05, 0.1) is 28.8 Å². The van der Waals surface area contributed by atoms with Gasteiger partial charge in [-0.25, -0.2) is 5.43 Å². The molecule has 0 aliphatic heterocycles. The summed E-state index contributed by atoms with van der Waals surface area (Å²) in [6, 6.07) is 8.87. The van der Waals surface area contributed by atoms with E-state index in [2.05, 4.69) is 10.5 Å². The predicted molar refractivity (Wildman–Crippen MR) is 87.8 cm³/mol. The van der Waals surface area contributed by atoms with Gasteiger partial charge in [-0.05, 0) is 18.2 Å². The number of nitro benzene ring substituents is 1. The first kappa shape index (κ1) is 17.2. The third kappa shape index (κ3) is 3.79. The second kappa shape index (κ2) is 7.42. The summed E-state index contributed by atoms with van der Waals surface area (Å²) in [6.07, 6.45) is 1.18. The monoisotopic (exact) mass is 349 g/mol. The average molecular weight is 350 g/mol. The van der Waals surface area contributed by atoms with Gasteiger partial charge in [0.1, 0.15) is 0 Å². The summed E-state index contributed by atoms with van der Waals surface area (Å²) in [5.74, 6) is -1.19. The Hall–Kier alpha value is -3.13. The smallest absolute Gasteiger partial charge is 0.315 e. The van der Waals surface area contributed by atoms with E-state index >= 15 is 0 Å². The molecule has 0 saturated heterocycles. The number of phenolic OH excluding ortho intramolecular Hbond substituents is 1. The number of hydrogen-bond donors (Lipinski definition) is 2. The summed E-state index contributed by atoms with van der Waals surface area (Å²) < 4.78 is 4.87. The Balaban J connectivity index is 2.20. The molecule has 124 valence electrons. The van der Waals surface area contributed by atoms with Gasteiger partial charge in [-0.15, -0.1) is 0 Å². The van der Waals surface area contributed by atoms with Crippen molar-refractivity contribution in [3.8, 4) is 11.5 Å². The third-order valence-electron chi connectivity index (χ3n) is 2.99. The van der Waals surface area contributed by atoms with Gasteiger partial charge in [-0.1, -0.05) is 23.7 Å². The quantitative estimate of drug-likeness (QED) is 0.489. The Morgan fingerprint density at radius 3 is 2.75 bits per heavy atom. The first-order valence-corrected chi connectivity index (χ1v) is 6.95. The number of halogens is 1. The summed E-state index contributed by atoms with van der Waals surface area (Å²) in [6.45, 7) is 0. The van der Waals surface area contributed by atoms with Crippen molar-refractivity contribution in [1.82, 2.24) is 5.43 Å². The first-order valence-electron chi connectivity index (χ1n) is 6.57. The zero-order valence-electron chi connectivity index (χ0n) is 12.4. The van der Waals surface area contributed by atoms with Crippen LogP contribution in [-0.4, -0.2) is 29.3 Å². The van der Waals surface area contributed by atoms with E-state index in [1.165, 1.54) is 25.5 Å². The van der Waals surface area contributed by atoms with Crippen LogP contribution in [0.25, 0.3) is 0 Å². The van der Waals surface area contributed by atoms with E-state index < -0.39 is 22.3 Å². The molecule has 9 heteroatoms. The number of nitrogens with one attached hydrogen (secondary N) is 1. The van der Waals surface area contributed by atoms with E-state index in [9.17, 15) is 20.0 Å². The Bertz CT molecular complexity index is 823. The molecule has 2 aromatic carbocycles. The van der Waals surface area contributed by atoms with Gasteiger partial charge in [0.25, 0.3) is 5.91 Å². The Morgan fingerprint density at radius 1 is 1.42 bits per heavy atom. The van der Waals surface area contributed by atoms with Crippen molar-refractivity contribution in [1.29, 1.82) is 0 Å². The molecule has 0 aliphatic rings. The number of hydrogen-bond acceptors (Lipinski definition) is 6. The van der Waals surface area contributed by atoms with Crippen molar-refractivity contribution in [2.75, 3.05) is 7.11 Å². The van der Waals surface area contributed by atoms with Gasteiger partial charge in [0.2, 0.25) is 5.75 Å². The van der Waals surface area contributed by atoms with Crippen molar-refractivity contribution in [2.24, 2.45) is 5.10 Å². The average Bonchev–Trinajstić information content (AvgIpc) is 2.56. The fourth-order valence-corrected chi connectivity index (χ4v) is 2.08. The van der Waals surface area contributed by atoms with Gasteiger partial charge in [-0.2, -0.15) is 5.10 Å². The topological polar surface area (TPSA) is 114 Å². The number of carbonyl (C=O) groups excluding carboxylic acids is 1. The standard InChI is InChI=1S/C15H12ClN3O5/c1-24-13-7-9(6-12(14(13)20)19(22)23)8-17-18-15(21)10-4-2-3-5-11(10)16/h2-8,20H,1H3,(H,18,21)/b17-8+. The van der Waals surface area contributed by atoms with Crippen molar-refractivity contribution in [3.05, 3.63) is 62.7 Å². The minimum atomic E-state index is -0.752. The van der Waals surface area contributed by atoms with Gasteiger partial charge < -0.3 is 9.84 Å². The van der Waals surface area contributed by atoms with Crippen LogP contribution in [0.15, 0.2) is 41.5 Å². The van der Waals surface area contributed by atoms with Crippen LogP contribution in [0.3, 0.4) is 0 Å². The van der Waals surface area contributed by atoms with E-state index in [1.54, 1.807) is 18.2 Å². The molecule has 0 unspecified atom stereocenters. The van der Waals surface area contributed by atoms with E-state index in [4.69, 9.17) is 16.3 Å². The Kier molecular flexibility index (Phi) is 5.33. The lowest BCUT2D eigenvalue weighted by Gasteiger charge is -2.05. The summed E-state index contributed by atoms with van der Waals surface area (Å²) in [7, 11) is 1.26. The van der Waals surface area contributed by atoms with Crippen molar-refractivity contribution in [3.63, 3.8) is 0 Å². The van der Waals surface area contributed by atoms with Crippen LogP contribution in [0.1, 0.15) is 15.9 Å². The number of carbonyl (C=O) groups is 1. The molecule has 0 aromatic heterocycles. The lowest BCUT2D eigenvalue weighted by atomic mass is 10.2. The van der Waals surface area contributed by atoms with Crippen LogP contribution >= 0.6 is 11.6 Å². The maximum atomic E-state index is 11.9. The largest absolute Gasteiger partial charge is 0.500 e. The summed E-state index contributed by atoms with van der Waals surface area (Å²) in [4.78, 5) is 22.1. The van der Waals surface area contributed by atoms with Crippen LogP contribution < -0.4 is 10.2 Å². The minimum absolute atomic E-state index is 0.0805. The van der Waals surface area contributed by atoms with Gasteiger partial charge >= 0.3 is 5.69 Å². The number of amides is 1. The maximum Gasteiger partial charge on any atom is 0.315 e. The SMILES string of the molecule is COc1cc(/C=N/NC(=O)c2ccccc2Cl)cc([N+](=O)[O-])c1O. The van der Waals surface area contributed by atoms with Crippen LogP contribution in [0.5, 0.6) is 11.5 Å². The molecular weight excluding hydrogens is 338 g/mol. The van der Waals surface area contributed by atoms with E-state index in [0.29, 0.717) is 0 Å². The predicted octanol–water partition coefficient (Wildman–Crippen LogP) is 2.73. The van der Waals surface area contributed by atoms with Gasteiger partial charge in [0.15, 0.2) is 5.75 Å². The molecule has 0 aliphatic carbocycles. The van der Waals surface area contributed by atoms with Crippen molar-refractivity contribution >= 4 is 29.4 Å². The number of benzene rings is 2. The summed E-state index contributed by atoms with van der Waals surface area (Å²) in [5.41, 5.74) is 2.23. The lowest BCUT2D eigenvalue weighted by Crippen LogP contribution is -2.17. The molecule has 24 heavy (non-hydrogen) atoms. The number of nitro groups is 1. The number of ether oxygens (including phenoxy) is 1. The molecule has 0 saturated carbocycles. The lowest BCUT2D eigenvalue weighted by molar-refractivity contribution is -0.386. The van der Waals surface area contributed by atoms with Crippen molar-refractivity contribution < 1.29 is 19.6 Å². The second-order valence-corrected chi connectivity index (χ2v) is 4.93. The summed E-state index contributed by atoms with van der Waals surface area (Å²) >= 11 is 5.90. The first-order chi connectivity index (χ1) is 11.4. The molecule has 1 amide bonds. The van der Waals surface area contributed by atoms with E-state index in [-0.39, 0.29) is 21.9 Å². The molecular formula is C15H12ClN3O5. The zero-order valence-corrected chi connectivity index (χ0v) is 13.1. The zero-order chi connectivity index (χ0) is 17.7. The van der Waals surface area contributed by atoms with E-state index in [1.807, 2.05) is 0 Å². The number of aromatic hydroxyl groups is 1. The molecule has 0 radical (unpaired) electrons. The maximum absolute atomic E-state index is 11.9. The van der Waals surface area contributed by atoms with E-state index in [0.717, 1.165) is 6.07 Å². The molecule has 2 aromatic rings. The normalized spacial score (nSPS) is 10.6. The fraction of sp³-hybridized carbons (Fsp3) is 0.0667. The number of nitrogens with zero attached hydrogens (tertiary/aromatic N) is 2. The van der Waals surface area contributed by atoms with Crippen LogP contribution in [0.2, 0.25) is 5.02 Å². The molecule has 2 N–H and O–H groups in total.